The Morgan fingerprint density at radius 2 is 1.34 bits per heavy atom. The molecule has 1 heterocycles. The molecule has 1 amide bonds. The predicted octanol–water partition coefficient (Wildman–Crippen LogP) is 6.19. The number of anilines is 1. The summed E-state index contributed by atoms with van der Waals surface area (Å²) in [7, 11) is 0. The van der Waals surface area contributed by atoms with E-state index in [1.54, 1.807) is 12.2 Å². The summed E-state index contributed by atoms with van der Waals surface area (Å²) in [6, 6.07) is 18.3. The maximum atomic E-state index is 14.0. The normalized spacial score (nSPS) is 11.1. The first kappa shape index (κ1) is 23.7. The highest BCUT2D eigenvalue weighted by molar-refractivity contribution is 5.93. The summed E-state index contributed by atoms with van der Waals surface area (Å²) in [6.45, 7) is 0. The molecule has 0 aliphatic heterocycles. The molecule has 0 aliphatic rings. The quantitative estimate of drug-likeness (QED) is 0.203. The number of aromatic nitrogens is 2. The molecular weight excluding hydrogens is 465 g/mol. The molecule has 0 saturated carbocycles. The van der Waals surface area contributed by atoms with E-state index in [-0.39, 0.29) is 11.5 Å². The molecule has 4 nitrogen and oxygen atoms in total. The maximum Gasteiger partial charge on any atom is 0.230 e. The maximum absolute atomic E-state index is 14.0. The van der Waals surface area contributed by atoms with Gasteiger partial charge in [0.1, 0.15) is 5.69 Å². The number of carbonyl (C=O) groups excluding carboxylic acids is 1. The fraction of sp³-hybridized carbons (Fsp3) is 0.0385. The van der Waals surface area contributed by atoms with E-state index in [0.29, 0.717) is 5.69 Å². The third-order valence-electron chi connectivity index (χ3n) is 5.00. The fourth-order valence-corrected chi connectivity index (χ4v) is 3.25. The monoisotopic (exact) mass is 481 g/mol. The Bertz CT molecular complexity index is 1380. The van der Waals surface area contributed by atoms with Gasteiger partial charge in [-0.3, -0.25) is 4.79 Å². The molecule has 0 fully saturated rings. The first-order chi connectivity index (χ1) is 16.8. The van der Waals surface area contributed by atoms with Crippen LogP contribution in [-0.2, 0) is 11.2 Å². The summed E-state index contributed by atoms with van der Waals surface area (Å²) >= 11 is 0. The smallest absolute Gasteiger partial charge is 0.230 e. The minimum atomic E-state index is -2.29. The van der Waals surface area contributed by atoms with Gasteiger partial charge in [0.05, 0.1) is 18.3 Å². The van der Waals surface area contributed by atoms with Crippen LogP contribution in [0.1, 0.15) is 16.8 Å². The van der Waals surface area contributed by atoms with Gasteiger partial charge in [-0.2, -0.15) is 0 Å². The van der Waals surface area contributed by atoms with Gasteiger partial charge in [-0.05, 0) is 11.6 Å². The zero-order valence-electron chi connectivity index (χ0n) is 17.9. The van der Waals surface area contributed by atoms with Crippen molar-refractivity contribution in [3.63, 3.8) is 0 Å². The average molecular weight is 481 g/mol. The number of nitrogens with zero attached hydrogens (tertiary/aromatic N) is 2. The summed E-state index contributed by atoms with van der Waals surface area (Å²) in [6.07, 6.45) is 3.60. The van der Waals surface area contributed by atoms with Crippen LogP contribution in [0.25, 0.3) is 23.4 Å². The third kappa shape index (κ3) is 5.24. The van der Waals surface area contributed by atoms with Crippen LogP contribution in [-0.4, -0.2) is 15.9 Å². The lowest BCUT2D eigenvalue weighted by atomic mass is 10.1. The molecule has 4 aromatic rings. The summed E-state index contributed by atoms with van der Waals surface area (Å²) in [4.78, 5) is 21.2. The molecule has 0 bridgehead atoms. The van der Waals surface area contributed by atoms with E-state index in [0.717, 1.165) is 11.1 Å². The molecule has 176 valence electrons. The number of hydrogen-bond donors (Lipinski definition) is 1. The molecule has 0 aliphatic carbocycles. The van der Waals surface area contributed by atoms with E-state index < -0.39 is 47.0 Å². The number of halogens is 5. The van der Waals surface area contributed by atoms with E-state index in [2.05, 4.69) is 15.3 Å². The number of benzene rings is 3. The summed E-state index contributed by atoms with van der Waals surface area (Å²) in [5.41, 5.74) is 1.07. The van der Waals surface area contributed by atoms with Gasteiger partial charge in [0, 0.05) is 11.1 Å². The Labute approximate surface area is 196 Å². The highest BCUT2D eigenvalue weighted by atomic mass is 19.2. The Hall–Kier alpha value is -4.40. The first-order valence-corrected chi connectivity index (χ1v) is 10.3. The molecule has 1 aromatic heterocycles. The fourth-order valence-electron chi connectivity index (χ4n) is 3.25. The van der Waals surface area contributed by atoms with Crippen molar-refractivity contribution in [2.75, 3.05) is 5.32 Å². The first-order valence-electron chi connectivity index (χ1n) is 10.3. The summed E-state index contributed by atoms with van der Waals surface area (Å²) in [5.74, 6) is -11.7. The Balaban J connectivity index is 1.66. The van der Waals surface area contributed by atoms with E-state index in [4.69, 9.17) is 0 Å². The number of amides is 1. The Morgan fingerprint density at radius 1 is 0.771 bits per heavy atom. The second kappa shape index (κ2) is 10.3. The molecule has 0 saturated heterocycles. The third-order valence-corrected chi connectivity index (χ3v) is 5.00. The van der Waals surface area contributed by atoms with Crippen molar-refractivity contribution in [1.82, 2.24) is 9.97 Å². The topological polar surface area (TPSA) is 54.9 Å². The molecule has 9 heteroatoms. The second-order valence-corrected chi connectivity index (χ2v) is 7.37. The van der Waals surface area contributed by atoms with Crippen LogP contribution in [0.15, 0.2) is 66.9 Å². The van der Waals surface area contributed by atoms with E-state index in [9.17, 15) is 26.7 Å². The minimum Gasteiger partial charge on any atom is -0.309 e. The zero-order valence-corrected chi connectivity index (χ0v) is 17.9. The van der Waals surface area contributed by atoms with E-state index in [1.807, 2.05) is 60.7 Å². The lowest BCUT2D eigenvalue weighted by Gasteiger charge is -2.11. The second-order valence-electron chi connectivity index (χ2n) is 7.37. The largest absolute Gasteiger partial charge is 0.309 e. The molecule has 0 radical (unpaired) electrons. The molecular formula is C26H16F5N3O. The van der Waals surface area contributed by atoms with Crippen LogP contribution in [0.2, 0.25) is 0 Å². The van der Waals surface area contributed by atoms with Crippen molar-refractivity contribution < 1.29 is 26.7 Å². The van der Waals surface area contributed by atoms with E-state index in [1.165, 1.54) is 6.20 Å². The standard InChI is InChI=1S/C26H16F5N3O/c27-21-17(22(28)24(30)25(31)23(21)29)13-20(35)34-26-18(12-11-15-7-3-1-4-8-15)33-19(14-32-26)16-9-5-2-6-10-16/h1-12,14H,13H2,(H,32,34,35). The molecule has 0 spiro atoms. The van der Waals surface area contributed by atoms with Crippen LogP contribution in [0.3, 0.4) is 0 Å². The molecule has 35 heavy (non-hydrogen) atoms. The lowest BCUT2D eigenvalue weighted by Crippen LogP contribution is -2.20. The van der Waals surface area contributed by atoms with Crippen molar-refractivity contribution >= 4 is 23.9 Å². The van der Waals surface area contributed by atoms with Crippen molar-refractivity contribution in [3.8, 4) is 11.3 Å². The average Bonchev–Trinajstić information content (AvgIpc) is 2.89. The predicted molar refractivity (Wildman–Crippen MR) is 121 cm³/mol. The Kier molecular flexibility index (Phi) is 6.96. The van der Waals surface area contributed by atoms with Gasteiger partial charge in [-0.15, -0.1) is 0 Å². The highest BCUT2D eigenvalue weighted by Crippen LogP contribution is 2.25. The lowest BCUT2D eigenvalue weighted by molar-refractivity contribution is -0.115. The Morgan fingerprint density at radius 3 is 1.97 bits per heavy atom. The van der Waals surface area contributed by atoms with Crippen LogP contribution in [0.5, 0.6) is 0 Å². The van der Waals surface area contributed by atoms with Crippen molar-refractivity contribution in [3.05, 3.63) is 113 Å². The number of rotatable bonds is 6. The van der Waals surface area contributed by atoms with Crippen molar-refractivity contribution in [1.29, 1.82) is 0 Å². The van der Waals surface area contributed by atoms with Gasteiger partial charge in [0.2, 0.25) is 11.7 Å². The molecule has 4 rings (SSSR count). The van der Waals surface area contributed by atoms with Gasteiger partial charge in [-0.1, -0.05) is 66.7 Å². The highest BCUT2D eigenvalue weighted by Gasteiger charge is 2.27. The molecule has 1 N–H and O–H groups in total. The van der Waals surface area contributed by atoms with Crippen LogP contribution < -0.4 is 5.32 Å². The van der Waals surface area contributed by atoms with Crippen molar-refractivity contribution in [2.24, 2.45) is 0 Å². The number of hydrogen-bond acceptors (Lipinski definition) is 3. The SMILES string of the molecule is O=C(Cc1c(F)c(F)c(F)c(F)c1F)Nc1ncc(-c2ccccc2)nc1C=Cc1ccccc1. The van der Waals surface area contributed by atoms with Gasteiger partial charge in [0.25, 0.3) is 0 Å². The van der Waals surface area contributed by atoms with Gasteiger partial charge in [0.15, 0.2) is 29.1 Å². The zero-order chi connectivity index (χ0) is 24.9. The molecule has 0 unspecified atom stereocenters. The van der Waals surface area contributed by atoms with E-state index >= 15 is 0 Å². The van der Waals surface area contributed by atoms with Crippen LogP contribution in [0.4, 0.5) is 27.8 Å². The number of nitrogens with one attached hydrogen (secondary N) is 1. The van der Waals surface area contributed by atoms with Crippen LogP contribution >= 0.6 is 0 Å². The van der Waals surface area contributed by atoms with Gasteiger partial charge >= 0.3 is 0 Å². The number of carbonyl (C=O) groups is 1. The molecule has 0 atom stereocenters. The van der Waals surface area contributed by atoms with Gasteiger partial charge < -0.3 is 5.32 Å². The van der Waals surface area contributed by atoms with Crippen LogP contribution in [0, 0.1) is 29.1 Å². The van der Waals surface area contributed by atoms with Crippen molar-refractivity contribution in [2.45, 2.75) is 6.42 Å². The summed E-state index contributed by atoms with van der Waals surface area (Å²) < 4.78 is 68.2. The minimum absolute atomic E-state index is 0.0502. The summed E-state index contributed by atoms with van der Waals surface area (Å²) in [5, 5.41) is 2.35. The van der Waals surface area contributed by atoms with Gasteiger partial charge in [-0.25, -0.2) is 31.9 Å². The molecule has 3 aromatic carbocycles.